The van der Waals surface area contributed by atoms with Crippen molar-refractivity contribution in [3.63, 3.8) is 0 Å². The van der Waals surface area contributed by atoms with Crippen molar-refractivity contribution in [3.8, 4) is 0 Å². The van der Waals surface area contributed by atoms with E-state index in [1.54, 1.807) is 0 Å². The summed E-state index contributed by atoms with van der Waals surface area (Å²) in [5, 5.41) is 14.3. The monoisotopic (exact) mass is 573 g/mol. The van der Waals surface area contributed by atoms with Gasteiger partial charge in [0.2, 0.25) is 10.0 Å². The summed E-state index contributed by atoms with van der Waals surface area (Å²) >= 11 is 0. The van der Waals surface area contributed by atoms with Crippen molar-refractivity contribution in [2.45, 2.75) is 68.6 Å². The van der Waals surface area contributed by atoms with Crippen LogP contribution in [0.5, 0.6) is 0 Å². The van der Waals surface area contributed by atoms with Crippen LogP contribution in [0.1, 0.15) is 32.3 Å². The lowest BCUT2D eigenvalue weighted by Crippen LogP contribution is -2.53. The molecule has 10 nitrogen and oxygen atoms in total. The average molecular weight is 574 g/mol. The summed E-state index contributed by atoms with van der Waals surface area (Å²) in [7, 11) is -3.93. The second-order valence-electron chi connectivity index (χ2n) is 11.5. The smallest absolute Gasteiger partial charge is 0.407 e. The molecule has 7 atom stereocenters. The molecule has 2 aromatic carbocycles. The number of sulfonamides is 1. The zero-order valence-corrected chi connectivity index (χ0v) is 23.7. The first kappa shape index (κ1) is 28.8. The van der Waals surface area contributed by atoms with E-state index in [0.29, 0.717) is 18.2 Å². The highest BCUT2D eigenvalue weighted by atomic mass is 32.2. The first-order valence-electron chi connectivity index (χ1n) is 13.9. The third kappa shape index (κ3) is 6.44. The molecule has 2 saturated heterocycles. The Labute approximate surface area is 235 Å². The van der Waals surface area contributed by atoms with Crippen LogP contribution in [0.2, 0.25) is 0 Å². The SMILES string of the molecule is CC(C)CN(CC(O)C(Cc1ccccc1)NC(=O)OC1C2COC3OC1CC3C2)S(=O)(=O)c1ccc(N)cc1. The number of hydrogen-bond acceptors (Lipinski definition) is 8. The van der Waals surface area contributed by atoms with Gasteiger partial charge in [0.1, 0.15) is 6.10 Å². The van der Waals surface area contributed by atoms with Gasteiger partial charge in [-0.05, 0) is 55.0 Å². The Morgan fingerprint density at radius 3 is 2.52 bits per heavy atom. The molecule has 1 saturated carbocycles. The van der Waals surface area contributed by atoms with Gasteiger partial charge in [-0.1, -0.05) is 44.2 Å². The van der Waals surface area contributed by atoms with Gasteiger partial charge in [0.05, 0.1) is 29.8 Å². The minimum atomic E-state index is -3.93. The van der Waals surface area contributed by atoms with E-state index < -0.39 is 34.4 Å². The number of aliphatic hydroxyl groups is 1. The van der Waals surface area contributed by atoms with E-state index in [4.69, 9.17) is 19.9 Å². The molecule has 2 aromatic rings. The summed E-state index contributed by atoms with van der Waals surface area (Å²) in [4.78, 5) is 13.3. The first-order chi connectivity index (χ1) is 19.1. The van der Waals surface area contributed by atoms with E-state index in [-0.39, 0.29) is 48.6 Å². The van der Waals surface area contributed by atoms with E-state index in [1.807, 2.05) is 44.2 Å². The summed E-state index contributed by atoms with van der Waals surface area (Å²) in [6.07, 6.45) is -0.763. The molecule has 3 fully saturated rings. The number of rotatable bonds is 11. The molecule has 3 aliphatic rings. The van der Waals surface area contributed by atoms with Crippen LogP contribution >= 0.6 is 0 Å². The van der Waals surface area contributed by atoms with Crippen LogP contribution in [0.15, 0.2) is 59.5 Å². The third-order valence-electron chi connectivity index (χ3n) is 7.93. The van der Waals surface area contributed by atoms with E-state index in [1.165, 1.54) is 28.6 Å². The van der Waals surface area contributed by atoms with Gasteiger partial charge in [-0.25, -0.2) is 13.2 Å². The highest BCUT2D eigenvalue weighted by Gasteiger charge is 2.53. The van der Waals surface area contributed by atoms with Crippen molar-refractivity contribution in [2.75, 3.05) is 25.4 Å². The molecule has 11 heteroatoms. The number of nitrogens with one attached hydrogen (secondary N) is 1. The number of nitrogens with zero attached hydrogens (tertiary/aromatic N) is 1. The number of carbonyl (C=O) groups is 1. The second kappa shape index (κ2) is 12.0. The molecule has 0 spiro atoms. The fourth-order valence-corrected chi connectivity index (χ4v) is 7.61. The van der Waals surface area contributed by atoms with Crippen molar-refractivity contribution >= 4 is 21.8 Å². The minimum Gasteiger partial charge on any atom is -0.443 e. The zero-order chi connectivity index (χ0) is 28.4. The van der Waals surface area contributed by atoms with E-state index in [9.17, 15) is 18.3 Å². The molecule has 2 aliphatic heterocycles. The molecule has 218 valence electrons. The number of hydrogen-bond donors (Lipinski definition) is 3. The molecule has 1 amide bonds. The summed E-state index contributed by atoms with van der Waals surface area (Å²) < 4.78 is 46.0. The Hall–Kier alpha value is -2.70. The number of amides is 1. The van der Waals surface area contributed by atoms with Gasteiger partial charge in [-0.2, -0.15) is 4.31 Å². The Balaban J connectivity index is 1.32. The number of aliphatic hydroxyl groups excluding tert-OH is 1. The van der Waals surface area contributed by atoms with E-state index in [0.717, 1.165) is 18.4 Å². The fourth-order valence-electron chi connectivity index (χ4n) is 5.99. The van der Waals surface area contributed by atoms with Crippen molar-refractivity contribution in [1.29, 1.82) is 0 Å². The van der Waals surface area contributed by atoms with Gasteiger partial charge in [0.25, 0.3) is 0 Å². The summed E-state index contributed by atoms with van der Waals surface area (Å²) in [6, 6.07) is 14.6. The molecule has 3 bridgehead atoms. The number of nitrogens with two attached hydrogens (primary N) is 1. The lowest BCUT2D eigenvalue weighted by atomic mass is 9.78. The quantitative estimate of drug-likeness (QED) is 0.349. The standard InChI is InChI=1S/C29H39N3O7S/c1-18(2)15-32(40(35,36)23-10-8-22(30)9-11-23)16-25(33)24(12-19-6-4-3-5-7-19)31-29(34)39-27-21-13-20-14-26(27)38-28(20)37-17-21/h3-11,18,20-21,24-28,33H,12-17,30H2,1-2H3,(H,31,34). The van der Waals surface area contributed by atoms with Crippen LogP contribution in [0, 0.1) is 17.8 Å². The van der Waals surface area contributed by atoms with Crippen molar-refractivity contribution in [2.24, 2.45) is 17.8 Å². The molecule has 7 unspecified atom stereocenters. The number of carbonyl (C=O) groups excluding carboxylic acids is 1. The van der Waals surface area contributed by atoms with Crippen molar-refractivity contribution in [1.82, 2.24) is 9.62 Å². The van der Waals surface area contributed by atoms with Crippen LogP contribution in [0.25, 0.3) is 0 Å². The predicted molar refractivity (Wildman–Crippen MR) is 149 cm³/mol. The lowest BCUT2D eigenvalue weighted by Gasteiger charge is -2.37. The van der Waals surface area contributed by atoms with Gasteiger partial charge in [0.15, 0.2) is 6.29 Å². The predicted octanol–water partition coefficient (Wildman–Crippen LogP) is 2.76. The Morgan fingerprint density at radius 2 is 1.82 bits per heavy atom. The number of anilines is 1. The molecule has 4 N–H and O–H groups in total. The summed E-state index contributed by atoms with van der Waals surface area (Å²) in [5.41, 5.74) is 7.10. The number of nitrogen functional groups attached to an aromatic ring is 1. The van der Waals surface area contributed by atoms with Gasteiger partial charge < -0.3 is 30.4 Å². The number of ether oxygens (including phenoxy) is 3. The normalized spacial score (nSPS) is 27.1. The van der Waals surface area contributed by atoms with Gasteiger partial charge in [0, 0.05) is 30.6 Å². The van der Waals surface area contributed by atoms with E-state index >= 15 is 0 Å². The van der Waals surface area contributed by atoms with Crippen LogP contribution in [-0.4, -0.2) is 74.3 Å². The third-order valence-corrected chi connectivity index (χ3v) is 9.77. The van der Waals surface area contributed by atoms with Gasteiger partial charge in [-0.15, -0.1) is 0 Å². The number of alkyl carbamates (subject to hydrolysis) is 1. The highest BCUT2D eigenvalue weighted by molar-refractivity contribution is 7.89. The number of benzene rings is 2. The maximum Gasteiger partial charge on any atom is 0.407 e. The number of fused-ring (bicyclic) bond motifs is 2. The molecular formula is C29H39N3O7S. The largest absolute Gasteiger partial charge is 0.443 e. The van der Waals surface area contributed by atoms with E-state index in [2.05, 4.69) is 5.32 Å². The lowest BCUT2D eigenvalue weighted by molar-refractivity contribution is -0.153. The molecule has 5 rings (SSSR count). The van der Waals surface area contributed by atoms with Crippen LogP contribution in [-0.2, 0) is 30.7 Å². The fraction of sp³-hybridized carbons (Fsp3) is 0.552. The maximum absolute atomic E-state index is 13.6. The van der Waals surface area contributed by atoms with Crippen molar-refractivity contribution < 1.29 is 32.5 Å². The molecular weight excluding hydrogens is 534 g/mol. The highest BCUT2D eigenvalue weighted by Crippen LogP contribution is 2.46. The van der Waals surface area contributed by atoms with Crippen LogP contribution in [0.3, 0.4) is 0 Å². The molecule has 0 aromatic heterocycles. The average Bonchev–Trinajstić information content (AvgIpc) is 3.21. The topological polar surface area (TPSA) is 140 Å². The summed E-state index contributed by atoms with van der Waals surface area (Å²) in [5.74, 6) is 0.409. The Kier molecular flexibility index (Phi) is 8.67. The second-order valence-corrected chi connectivity index (χ2v) is 13.5. The first-order valence-corrected chi connectivity index (χ1v) is 15.4. The molecule has 0 radical (unpaired) electrons. The Morgan fingerprint density at radius 1 is 1.10 bits per heavy atom. The van der Waals surface area contributed by atoms with Crippen LogP contribution in [0.4, 0.5) is 10.5 Å². The van der Waals surface area contributed by atoms with Gasteiger partial charge >= 0.3 is 6.09 Å². The summed E-state index contributed by atoms with van der Waals surface area (Å²) in [6.45, 7) is 4.28. The molecule has 40 heavy (non-hydrogen) atoms. The molecule has 1 aliphatic carbocycles. The minimum absolute atomic E-state index is 0.000232. The van der Waals surface area contributed by atoms with Crippen molar-refractivity contribution in [3.05, 3.63) is 60.2 Å². The Bertz CT molecular complexity index is 1250. The maximum atomic E-state index is 13.6. The molecule has 2 heterocycles. The van der Waals surface area contributed by atoms with Gasteiger partial charge in [-0.3, -0.25) is 0 Å². The zero-order valence-electron chi connectivity index (χ0n) is 22.9. The van der Waals surface area contributed by atoms with Crippen LogP contribution < -0.4 is 11.1 Å².